The molecule has 0 spiro atoms. The fourth-order valence-electron chi connectivity index (χ4n) is 1.16. The molecule has 0 amide bonds. The minimum atomic E-state index is -3.66. The summed E-state index contributed by atoms with van der Waals surface area (Å²) in [7, 11) is -4.77. The zero-order valence-corrected chi connectivity index (χ0v) is 12.9. The number of carbonyl (C=O) groups is 1. The Hall–Kier alpha value is -0.770. The quantitative estimate of drug-likeness (QED) is 0.757. The zero-order chi connectivity index (χ0) is 14.6. The average Bonchev–Trinajstić information content (AvgIpc) is 2.74. The van der Waals surface area contributed by atoms with Crippen molar-refractivity contribution in [3.05, 3.63) is 17.0 Å². The maximum Gasteiger partial charge on any atom is 0.308 e. The number of sulfonamides is 1. The van der Waals surface area contributed by atoms with Gasteiger partial charge in [0.2, 0.25) is 10.0 Å². The predicted molar refractivity (Wildman–Crippen MR) is 74.4 cm³/mol. The molecule has 108 valence electrons. The van der Waals surface area contributed by atoms with Gasteiger partial charge in [-0.3, -0.25) is 9.00 Å². The molecule has 1 rings (SSSR count). The van der Waals surface area contributed by atoms with Gasteiger partial charge < -0.3 is 5.11 Å². The lowest BCUT2D eigenvalue weighted by atomic mass is 10.3. The maximum absolute atomic E-state index is 11.9. The van der Waals surface area contributed by atoms with Crippen LogP contribution in [0.2, 0.25) is 0 Å². The molecule has 1 aromatic rings. The first-order valence-corrected chi connectivity index (χ1v) is 9.27. The van der Waals surface area contributed by atoms with Gasteiger partial charge >= 0.3 is 5.97 Å². The molecule has 0 aliphatic carbocycles. The number of hydrogen-bond donors (Lipinski definition) is 2. The highest BCUT2D eigenvalue weighted by molar-refractivity contribution is 7.91. The van der Waals surface area contributed by atoms with Gasteiger partial charge in [-0.15, -0.1) is 11.3 Å². The monoisotopic (exact) mass is 325 g/mol. The van der Waals surface area contributed by atoms with Crippen molar-refractivity contribution in [3.63, 3.8) is 0 Å². The SMILES string of the molecule is CC(CNS(=O)(=O)c1ccc(CC(=O)O)s1)S(C)=O. The molecular weight excluding hydrogens is 310 g/mol. The van der Waals surface area contributed by atoms with Gasteiger partial charge in [0.15, 0.2) is 0 Å². The summed E-state index contributed by atoms with van der Waals surface area (Å²) in [4.78, 5) is 11.0. The van der Waals surface area contributed by atoms with Crippen molar-refractivity contribution >= 4 is 38.1 Å². The van der Waals surface area contributed by atoms with Gasteiger partial charge in [-0.05, 0) is 19.1 Å². The number of aliphatic carboxylic acids is 1. The standard InChI is InChI=1S/C10H15NO5S3/c1-7(18(2)14)6-11-19(15,16)10-4-3-8(17-10)5-9(12)13/h3-4,7,11H,5-6H2,1-2H3,(H,12,13). The topological polar surface area (TPSA) is 101 Å². The molecule has 19 heavy (non-hydrogen) atoms. The molecular formula is C10H15NO5S3. The number of thiophene rings is 1. The Morgan fingerprint density at radius 1 is 1.53 bits per heavy atom. The first kappa shape index (κ1) is 16.3. The van der Waals surface area contributed by atoms with Crippen molar-refractivity contribution in [3.8, 4) is 0 Å². The van der Waals surface area contributed by atoms with Crippen LogP contribution in [0.3, 0.4) is 0 Å². The fourth-order valence-corrected chi connectivity index (χ4v) is 4.11. The molecule has 0 radical (unpaired) electrons. The van der Waals surface area contributed by atoms with E-state index in [1.165, 1.54) is 18.4 Å². The molecule has 2 N–H and O–H groups in total. The van der Waals surface area contributed by atoms with Crippen molar-refractivity contribution in [2.45, 2.75) is 22.8 Å². The molecule has 9 heteroatoms. The Morgan fingerprint density at radius 3 is 2.68 bits per heavy atom. The van der Waals surface area contributed by atoms with E-state index in [9.17, 15) is 17.4 Å². The smallest absolute Gasteiger partial charge is 0.308 e. The van der Waals surface area contributed by atoms with Gasteiger partial charge in [-0.2, -0.15) is 0 Å². The Kier molecular flexibility index (Phi) is 5.65. The van der Waals surface area contributed by atoms with Crippen LogP contribution in [0.1, 0.15) is 11.8 Å². The number of hydrogen-bond acceptors (Lipinski definition) is 5. The molecule has 2 atom stereocenters. The molecule has 1 aromatic heterocycles. The van der Waals surface area contributed by atoms with E-state index >= 15 is 0 Å². The predicted octanol–water partition coefficient (Wildman–Crippen LogP) is 0.420. The van der Waals surface area contributed by atoms with E-state index in [1.54, 1.807) is 6.92 Å². The van der Waals surface area contributed by atoms with Gasteiger partial charge in [0, 0.05) is 33.7 Å². The van der Waals surface area contributed by atoms with Crippen LogP contribution < -0.4 is 4.72 Å². The van der Waals surface area contributed by atoms with E-state index in [0.29, 0.717) is 4.88 Å². The van der Waals surface area contributed by atoms with Gasteiger partial charge in [0.1, 0.15) is 4.21 Å². The minimum Gasteiger partial charge on any atom is -0.481 e. The molecule has 0 aliphatic heterocycles. The van der Waals surface area contributed by atoms with E-state index < -0.39 is 26.8 Å². The Labute approximate surface area is 118 Å². The molecule has 0 bridgehead atoms. The summed E-state index contributed by atoms with van der Waals surface area (Å²) in [5, 5.41) is 8.34. The summed E-state index contributed by atoms with van der Waals surface area (Å²) in [6, 6.07) is 2.85. The molecule has 0 saturated carbocycles. The van der Waals surface area contributed by atoms with Crippen LogP contribution >= 0.6 is 11.3 Å². The van der Waals surface area contributed by atoms with Crippen LogP contribution in [0.5, 0.6) is 0 Å². The van der Waals surface area contributed by atoms with Crippen LogP contribution in [-0.4, -0.2) is 41.8 Å². The van der Waals surface area contributed by atoms with Gasteiger partial charge in [0.25, 0.3) is 0 Å². The first-order valence-electron chi connectivity index (χ1n) is 5.35. The van der Waals surface area contributed by atoms with E-state index in [4.69, 9.17) is 5.11 Å². The Morgan fingerprint density at radius 2 is 2.16 bits per heavy atom. The lowest BCUT2D eigenvalue weighted by Gasteiger charge is -2.09. The van der Waals surface area contributed by atoms with E-state index in [0.717, 1.165) is 11.3 Å². The third-order valence-corrected chi connectivity index (χ3v) is 6.66. The van der Waals surface area contributed by atoms with Gasteiger partial charge in [-0.25, -0.2) is 13.1 Å². The van der Waals surface area contributed by atoms with Crippen molar-refractivity contribution in [2.24, 2.45) is 0 Å². The normalized spacial score (nSPS) is 15.1. The second-order valence-corrected chi connectivity index (χ2v) is 8.92. The summed E-state index contributed by atoms with van der Waals surface area (Å²) in [6.45, 7) is 1.76. The minimum absolute atomic E-state index is 0.0674. The third kappa shape index (κ3) is 5.01. The Bertz CT molecular complexity index is 578. The number of nitrogens with one attached hydrogen (secondary N) is 1. The maximum atomic E-state index is 11.9. The molecule has 6 nitrogen and oxygen atoms in total. The van der Waals surface area contributed by atoms with Crippen LogP contribution in [-0.2, 0) is 32.0 Å². The van der Waals surface area contributed by atoms with E-state index in [-0.39, 0.29) is 22.4 Å². The van der Waals surface area contributed by atoms with Crippen molar-refractivity contribution < 1.29 is 22.5 Å². The summed E-state index contributed by atoms with van der Waals surface area (Å²) in [6.07, 6.45) is 1.31. The average molecular weight is 325 g/mol. The second kappa shape index (κ2) is 6.60. The lowest BCUT2D eigenvalue weighted by Crippen LogP contribution is -2.32. The Balaban J connectivity index is 2.75. The molecule has 0 fully saturated rings. The number of rotatable bonds is 7. The van der Waals surface area contributed by atoms with Crippen LogP contribution in [0.4, 0.5) is 0 Å². The van der Waals surface area contributed by atoms with Crippen molar-refractivity contribution in [1.29, 1.82) is 0 Å². The highest BCUT2D eigenvalue weighted by atomic mass is 32.2. The molecule has 2 unspecified atom stereocenters. The second-order valence-electron chi connectivity index (χ2n) is 3.95. The van der Waals surface area contributed by atoms with Crippen LogP contribution in [0.25, 0.3) is 0 Å². The first-order chi connectivity index (χ1) is 8.72. The summed E-state index contributed by atoms with van der Waals surface area (Å²) < 4.78 is 37.4. The highest BCUT2D eigenvalue weighted by Crippen LogP contribution is 2.21. The van der Waals surface area contributed by atoms with Gasteiger partial charge in [-0.1, -0.05) is 0 Å². The fraction of sp³-hybridized carbons (Fsp3) is 0.500. The molecule has 1 heterocycles. The largest absolute Gasteiger partial charge is 0.481 e. The van der Waals surface area contributed by atoms with E-state index in [1.807, 2.05) is 0 Å². The van der Waals surface area contributed by atoms with E-state index in [2.05, 4.69) is 4.72 Å². The number of carboxylic acid groups (broad SMARTS) is 1. The number of carboxylic acids is 1. The zero-order valence-electron chi connectivity index (χ0n) is 10.5. The van der Waals surface area contributed by atoms with Crippen molar-refractivity contribution in [1.82, 2.24) is 4.72 Å². The van der Waals surface area contributed by atoms with Crippen LogP contribution in [0.15, 0.2) is 16.3 Å². The summed E-state index contributed by atoms with van der Waals surface area (Å²) >= 11 is 0.921. The summed E-state index contributed by atoms with van der Waals surface area (Å²) in [5.41, 5.74) is 0. The summed E-state index contributed by atoms with van der Waals surface area (Å²) in [5.74, 6) is -1.01. The molecule has 0 saturated heterocycles. The third-order valence-electron chi connectivity index (χ3n) is 2.35. The van der Waals surface area contributed by atoms with Gasteiger partial charge in [0.05, 0.1) is 6.42 Å². The molecule has 0 aliphatic rings. The lowest BCUT2D eigenvalue weighted by molar-refractivity contribution is -0.136. The van der Waals surface area contributed by atoms with Crippen LogP contribution in [0, 0.1) is 0 Å². The van der Waals surface area contributed by atoms with Crippen molar-refractivity contribution in [2.75, 3.05) is 12.8 Å². The molecule has 0 aromatic carbocycles. The highest BCUT2D eigenvalue weighted by Gasteiger charge is 2.19.